The Hall–Kier alpha value is -2.93. The minimum absolute atomic E-state index is 0.230. The van der Waals surface area contributed by atoms with Crippen LogP contribution in [0.2, 0.25) is 0 Å². The third-order valence-corrected chi connectivity index (χ3v) is 9.12. The molecule has 0 radical (unpaired) electrons. The fourth-order valence-corrected chi connectivity index (χ4v) is 7.01. The van der Waals surface area contributed by atoms with Gasteiger partial charge in [-0.3, -0.25) is 0 Å². The Morgan fingerprint density at radius 3 is 2.29 bits per heavy atom. The Balaban J connectivity index is 1.05. The molecule has 1 saturated heterocycles. The molecule has 1 aliphatic carbocycles. The lowest BCUT2D eigenvalue weighted by Gasteiger charge is -2.32. The first-order valence-corrected chi connectivity index (χ1v) is 14.5. The van der Waals surface area contributed by atoms with Crippen LogP contribution in [-0.2, 0) is 11.8 Å². The van der Waals surface area contributed by atoms with Gasteiger partial charge >= 0.3 is 0 Å². The minimum atomic E-state index is 0.230. The first-order valence-electron chi connectivity index (χ1n) is 13.8. The lowest BCUT2D eigenvalue weighted by atomic mass is 9.92. The third-order valence-electron chi connectivity index (χ3n) is 8.19. The molecular formula is C32H36N4OS. The molecule has 4 aromatic rings. The number of nitrogens with zero attached hydrogens (tertiary/aromatic N) is 4. The Kier molecular flexibility index (Phi) is 7.63. The zero-order valence-corrected chi connectivity index (χ0v) is 22.9. The van der Waals surface area contributed by atoms with E-state index in [1.54, 1.807) is 0 Å². The second-order valence-electron chi connectivity index (χ2n) is 10.9. The predicted molar refractivity (Wildman–Crippen MR) is 153 cm³/mol. The highest BCUT2D eigenvalue weighted by Crippen LogP contribution is 2.56. The number of likely N-dealkylation sites (tertiary alicyclic amines) is 1. The predicted octanol–water partition coefficient (Wildman–Crippen LogP) is 6.44. The molecule has 2 heterocycles. The van der Waals surface area contributed by atoms with Crippen molar-refractivity contribution in [1.29, 1.82) is 0 Å². The van der Waals surface area contributed by atoms with Crippen LogP contribution in [-0.4, -0.2) is 52.6 Å². The molecule has 2 atom stereocenters. The zero-order valence-electron chi connectivity index (χ0n) is 22.1. The number of rotatable bonds is 10. The Labute approximate surface area is 230 Å². The first kappa shape index (κ1) is 25.4. The van der Waals surface area contributed by atoms with Gasteiger partial charge in [0, 0.05) is 35.7 Å². The first-order chi connectivity index (χ1) is 18.7. The third kappa shape index (κ3) is 5.88. The van der Waals surface area contributed by atoms with Crippen molar-refractivity contribution in [2.24, 2.45) is 5.92 Å². The summed E-state index contributed by atoms with van der Waals surface area (Å²) in [5.41, 5.74) is 2.93. The van der Waals surface area contributed by atoms with Gasteiger partial charge in [-0.2, -0.15) is 4.98 Å². The van der Waals surface area contributed by atoms with Crippen LogP contribution in [0.5, 0.6) is 0 Å². The van der Waals surface area contributed by atoms with Crippen LogP contribution >= 0.6 is 11.9 Å². The standard InChI is InChI=1S/C32H36N4OS/c1-35(38-29-15-9-4-10-16-29)24-32(27-13-7-3-8-14-27)22-28(32)23-36-19-17-26(18-20-36)31-33-30(34-37-31)21-25-11-5-2-6-12-25/h2-16,26,28H,17-24H2,1H3/t28-,32+/m0/s1. The summed E-state index contributed by atoms with van der Waals surface area (Å²) in [5.74, 6) is 2.66. The second-order valence-corrected chi connectivity index (χ2v) is 12.2. The molecule has 0 spiro atoms. The highest BCUT2D eigenvalue weighted by molar-refractivity contribution is 7.97. The number of hydrogen-bond donors (Lipinski definition) is 0. The molecule has 0 bridgehead atoms. The molecule has 1 saturated carbocycles. The van der Waals surface area contributed by atoms with Gasteiger partial charge in [-0.05, 0) is 80.5 Å². The maximum Gasteiger partial charge on any atom is 0.229 e. The van der Waals surface area contributed by atoms with Gasteiger partial charge < -0.3 is 9.42 Å². The summed E-state index contributed by atoms with van der Waals surface area (Å²) in [6, 6.07) is 32.2. The highest BCUT2D eigenvalue weighted by Gasteiger charge is 2.56. The van der Waals surface area contributed by atoms with E-state index in [0.29, 0.717) is 11.8 Å². The maximum absolute atomic E-state index is 5.70. The van der Waals surface area contributed by atoms with Crippen LogP contribution in [0.15, 0.2) is 100 Å². The fraction of sp³-hybridized carbons (Fsp3) is 0.375. The van der Waals surface area contributed by atoms with Crippen molar-refractivity contribution in [1.82, 2.24) is 19.3 Å². The molecule has 0 N–H and O–H groups in total. The fourth-order valence-electron chi connectivity index (χ4n) is 6.08. The maximum atomic E-state index is 5.70. The molecule has 3 aromatic carbocycles. The van der Waals surface area contributed by atoms with Gasteiger partial charge in [0.1, 0.15) is 0 Å². The Morgan fingerprint density at radius 1 is 0.921 bits per heavy atom. The molecule has 0 unspecified atom stereocenters. The normalized spacial score (nSPS) is 22.1. The van der Waals surface area contributed by atoms with Crippen molar-refractivity contribution in [3.05, 3.63) is 114 Å². The van der Waals surface area contributed by atoms with Gasteiger partial charge in [0.05, 0.1) is 0 Å². The summed E-state index contributed by atoms with van der Waals surface area (Å²) < 4.78 is 8.13. The van der Waals surface area contributed by atoms with Crippen molar-refractivity contribution in [3.8, 4) is 0 Å². The van der Waals surface area contributed by atoms with Gasteiger partial charge in [-0.25, -0.2) is 4.31 Å². The van der Waals surface area contributed by atoms with Crippen LogP contribution < -0.4 is 0 Å². The largest absolute Gasteiger partial charge is 0.339 e. The molecule has 2 fully saturated rings. The lowest BCUT2D eigenvalue weighted by molar-refractivity contribution is 0.183. The number of piperidine rings is 1. The van der Waals surface area contributed by atoms with Gasteiger partial charge in [0.25, 0.3) is 0 Å². The lowest BCUT2D eigenvalue weighted by Crippen LogP contribution is -2.37. The monoisotopic (exact) mass is 524 g/mol. The summed E-state index contributed by atoms with van der Waals surface area (Å²) in [4.78, 5) is 8.71. The second kappa shape index (κ2) is 11.4. The number of likely N-dealkylation sites (N-methyl/N-ethyl adjacent to an activating group) is 1. The van der Waals surface area contributed by atoms with Crippen LogP contribution in [0.1, 0.15) is 48.0 Å². The summed E-state index contributed by atoms with van der Waals surface area (Å²) in [5, 5.41) is 4.27. The van der Waals surface area contributed by atoms with E-state index in [9.17, 15) is 0 Å². The Morgan fingerprint density at radius 2 is 1.58 bits per heavy atom. The number of aromatic nitrogens is 2. The van der Waals surface area contributed by atoms with Crippen molar-refractivity contribution < 1.29 is 4.52 Å². The molecule has 6 heteroatoms. The molecule has 196 valence electrons. The Bertz CT molecular complexity index is 1290. The molecule has 0 amide bonds. The number of benzene rings is 3. The summed E-state index contributed by atoms with van der Waals surface area (Å²) >= 11 is 1.85. The summed E-state index contributed by atoms with van der Waals surface area (Å²) in [6.07, 6.45) is 4.15. The average molecular weight is 525 g/mol. The van der Waals surface area contributed by atoms with Crippen molar-refractivity contribution in [3.63, 3.8) is 0 Å². The molecule has 38 heavy (non-hydrogen) atoms. The smallest absolute Gasteiger partial charge is 0.229 e. The summed E-state index contributed by atoms with van der Waals surface area (Å²) in [6.45, 7) is 4.41. The van der Waals surface area contributed by atoms with Gasteiger partial charge in [0.15, 0.2) is 5.82 Å². The summed E-state index contributed by atoms with van der Waals surface area (Å²) in [7, 11) is 2.24. The highest BCUT2D eigenvalue weighted by atomic mass is 32.2. The van der Waals surface area contributed by atoms with Crippen LogP contribution in [0.4, 0.5) is 0 Å². The van der Waals surface area contributed by atoms with Gasteiger partial charge in [-0.15, -0.1) is 0 Å². The van der Waals surface area contributed by atoms with Crippen LogP contribution in [0.3, 0.4) is 0 Å². The van der Waals surface area contributed by atoms with E-state index in [1.807, 2.05) is 18.0 Å². The molecule has 1 aliphatic heterocycles. The molecular weight excluding hydrogens is 488 g/mol. The van der Waals surface area contributed by atoms with Gasteiger partial charge in [0.2, 0.25) is 5.89 Å². The topological polar surface area (TPSA) is 45.4 Å². The van der Waals surface area contributed by atoms with E-state index in [1.165, 1.54) is 22.4 Å². The molecule has 1 aromatic heterocycles. The van der Waals surface area contributed by atoms with Crippen molar-refractivity contribution >= 4 is 11.9 Å². The minimum Gasteiger partial charge on any atom is -0.339 e. The van der Waals surface area contributed by atoms with Crippen LogP contribution in [0.25, 0.3) is 0 Å². The molecule has 2 aliphatic rings. The SMILES string of the molecule is CN(C[C@@]1(c2ccccc2)C[C@H]1CN1CCC(c2nc(Cc3ccccc3)no2)CC1)Sc1ccccc1. The van der Waals surface area contributed by atoms with E-state index in [-0.39, 0.29) is 5.41 Å². The number of hydrogen-bond acceptors (Lipinski definition) is 6. The van der Waals surface area contributed by atoms with Crippen LogP contribution in [0, 0.1) is 5.92 Å². The molecule has 6 rings (SSSR count). The van der Waals surface area contributed by atoms with E-state index in [2.05, 4.69) is 106 Å². The molecule has 5 nitrogen and oxygen atoms in total. The van der Waals surface area contributed by atoms with E-state index in [0.717, 1.165) is 57.2 Å². The van der Waals surface area contributed by atoms with E-state index < -0.39 is 0 Å². The van der Waals surface area contributed by atoms with Crippen molar-refractivity contribution in [2.45, 2.75) is 41.9 Å². The van der Waals surface area contributed by atoms with E-state index in [4.69, 9.17) is 9.51 Å². The van der Waals surface area contributed by atoms with Gasteiger partial charge in [-0.1, -0.05) is 84.0 Å². The van der Waals surface area contributed by atoms with Crippen molar-refractivity contribution in [2.75, 3.05) is 33.2 Å². The average Bonchev–Trinajstić information content (AvgIpc) is 3.42. The van der Waals surface area contributed by atoms with E-state index >= 15 is 0 Å². The zero-order chi connectivity index (χ0) is 25.8. The quantitative estimate of drug-likeness (QED) is 0.223.